The highest BCUT2D eigenvalue weighted by atomic mass is 35.6. The molecule has 0 fully saturated rings. The van der Waals surface area contributed by atoms with Gasteiger partial charge in [0.1, 0.15) is 0 Å². The summed E-state index contributed by atoms with van der Waals surface area (Å²) in [5.41, 5.74) is 1.43. The van der Waals surface area contributed by atoms with Crippen molar-refractivity contribution in [3.63, 3.8) is 0 Å². The Bertz CT molecular complexity index is 191. The molecule has 0 saturated carbocycles. The second kappa shape index (κ2) is 6.44. The van der Waals surface area contributed by atoms with E-state index in [2.05, 4.69) is 48.5 Å². The third-order valence-corrected chi connectivity index (χ3v) is 14.4. The van der Waals surface area contributed by atoms with Crippen molar-refractivity contribution in [2.24, 2.45) is 0 Å². The van der Waals surface area contributed by atoms with Crippen LogP contribution in [0.4, 0.5) is 0 Å². The normalized spacial score (nSPS) is 20.2. The van der Waals surface area contributed by atoms with Crippen molar-refractivity contribution >= 4 is 18.5 Å². The molecule has 0 aliphatic rings. The van der Waals surface area contributed by atoms with Gasteiger partial charge in [-0.1, -0.05) is 67.7 Å². The molecule has 0 heterocycles. The summed E-state index contributed by atoms with van der Waals surface area (Å²) in [6.45, 7) is 16.4. The van der Waals surface area contributed by atoms with Crippen molar-refractivity contribution in [3.05, 3.63) is 0 Å². The van der Waals surface area contributed by atoms with Crippen LogP contribution in [0.15, 0.2) is 0 Å². The Balaban J connectivity index is 5.21. The van der Waals surface area contributed by atoms with Gasteiger partial charge in [0.25, 0.3) is 0 Å². The fourth-order valence-corrected chi connectivity index (χ4v) is 9.90. The lowest BCUT2D eigenvalue weighted by Crippen LogP contribution is -2.47. The highest BCUT2D eigenvalue weighted by Gasteiger charge is 2.51. The molecule has 2 unspecified atom stereocenters. The largest absolute Gasteiger partial charge is 0.167 e. The van der Waals surface area contributed by atoms with E-state index in [4.69, 9.17) is 11.1 Å². The van der Waals surface area contributed by atoms with Crippen LogP contribution in [0.25, 0.3) is 0 Å². The van der Waals surface area contributed by atoms with E-state index in [1.807, 2.05) is 0 Å². The van der Waals surface area contributed by atoms with E-state index in [1.54, 1.807) is 0 Å². The molecule has 0 aliphatic carbocycles. The van der Waals surface area contributed by atoms with Gasteiger partial charge in [-0.05, 0) is 22.5 Å². The second-order valence-electron chi connectivity index (χ2n) is 6.02. The number of halogens is 1. The Kier molecular flexibility index (Phi) is 6.65. The third kappa shape index (κ3) is 3.04. The average molecular weight is 263 g/mol. The lowest BCUT2D eigenvalue weighted by molar-refractivity contribution is 0.544. The zero-order chi connectivity index (χ0) is 13.0. The maximum atomic E-state index is 7.25. The van der Waals surface area contributed by atoms with E-state index < -0.39 is 7.38 Å². The minimum Gasteiger partial charge on any atom is -0.166 e. The van der Waals surface area contributed by atoms with Gasteiger partial charge in [-0.2, -0.15) is 11.1 Å². The van der Waals surface area contributed by atoms with Crippen LogP contribution in [-0.2, 0) is 0 Å². The van der Waals surface area contributed by atoms with Gasteiger partial charge < -0.3 is 0 Å². The van der Waals surface area contributed by atoms with Gasteiger partial charge in [0.15, 0.2) is 7.38 Å². The number of rotatable bonds is 7. The van der Waals surface area contributed by atoms with Gasteiger partial charge in [0.2, 0.25) is 0 Å². The first kappa shape index (κ1) is 16.5. The Morgan fingerprint density at radius 2 is 1.38 bits per heavy atom. The number of hydrogen-bond donors (Lipinski definition) is 0. The summed E-state index contributed by atoms with van der Waals surface area (Å²) in [6.07, 6.45) is 4.99. The minimum atomic E-state index is -1.73. The van der Waals surface area contributed by atoms with Crippen LogP contribution in [0, 0.1) is 0 Å². The van der Waals surface area contributed by atoms with E-state index >= 15 is 0 Å². The van der Waals surface area contributed by atoms with Gasteiger partial charge in [-0.3, -0.25) is 0 Å². The lowest BCUT2D eigenvalue weighted by Gasteiger charge is -2.48. The Labute approximate surface area is 109 Å². The maximum absolute atomic E-state index is 7.25. The number of hydrogen-bond acceptors (Lipinski definition) is 0. The average Bonchev–Trinajstić information content (AvgIpc) is 2.25. The zero-order valence-corrected chi connectivity index (χ0v) is 14.1. The summed E-state index contributed by atoms with van der Waals surface area (Å²) in [7, 11) is -1.73. The van der Waals surface area contributed by atoms with Crippen molar-refractivity contribution in [1.29, 1.82) is 0 Å². The molecule has 0 aliphatic heterocycles. The molecule has 0 N–H and O–H groups in total. The summed E-state index contributed by atoms with van der Waals surface area (Å²) < 4.78 is 0. The second-order valence-corrected chi connectivity index (χ2v) is 12.8. The van der Waals surface area contributed by atoms with E-state index in [1.165, 1.54) is 25.7 Å². The van der Waals surface area contributed by atoms with Crippen LogP contribution in [0.5, 0.6) is 0 Å². The fourth-order valence-electron chi connectivity index (χ4n) is 3.23. The van der Waals surface area contributed by atoms with E-state index in [-0.39, 0.29) is 0 Å². The van der Waals surface area contributed by atoms with E-state index in [9.17, 15) is 0 Å². The first-order valence-electron chi connectivity index (χ1n) is 6.96. The van der Waals surface area contributed by atoms with Crippen LogP contribution in [0.3, 0.4) is 0 Å². The van der Waals surface area contributed by atoms with Crippen LogP contribution >= 0.6 is 11.1 Å². The first-order chi connectivity index (χ1) is 7.27. The molecular formula is C14H31ClSi. The van der Waals surface area contributed by atoms with Crippen molar-refractivity contribution in [3.8, 4) is 0 Å². The van der Waals surface area contributed by atoms with Crippen LogP contribution in [0.2, 0.25) is 16.1 Å². The Morgan fingerprint density at radius 3 is 1.62 bits per heavy atom. The topological polar surface area (TPSA) is 0 Å². The zero-order valence-electron chi connectivity index (χ0n) is 12.4. The summed E-state index contributed by atoms with van der Waals surface area (Å²) in [5, 5.41) is 0.355. The third-order valence-electron chi connectivity index (χ3n) is 4.57. The van der Waals surface area contributed by atoms with Crippen molar-refractivity contribution in [1.82, 2.24) is 0 Å². The summed E-state index contributed by atoms with van der Waals surface area (Å²) in [4.78, 5) is 0. The lowest BCUT2D eigenvalue weighted by atomic mass is 10.1. The van der Waals surface area contributed by atoms with Gasteiger partial charge in [0, 0.05) is 0 Å². The molecule has 0 nitrogen and oxygen atoms in total. The summed E-state index contributed by atoms with van der Waals surface area (Å²) >= 11 is 7.25. The molecule has 0 radical (unpaired) electrons. The minimum absolute atomic E-state index is 0.355. The molecule has 0 spiro atoms. The SMILES string of the molecule is CCCC(C)(C)[Si](Cl)(C(C)CC)C(C)CC. The molecule has 0 rings (SSSR count). The summed E-state index contributed by atoms with van der Waals surface area (Å²) in [6, 6.07) is 0. The molecule has 0 bridgehead atoms. The van der Waals surface area contributed by atoms with Gasteiger partial charge in [0.05, 0.1) is 0 Å². The highest BCUT2D eigenvalue weighted by Crippen LogP contribution is 2.57. The maximum Gasteiger partial charge on any atom is 0.167 e. The fraction of sp³-hybridized carbons (Fsp3) is 1.00. The van der Waals surface area contributed by atoms with Crippen molar-refractivity contribution < 1.29 is 0 Å². The first-order valence-corrected chi connectivity index (χ1v) is 10.1. The summed E-state index contributed by atoms with van der Waals surface area (Å²) in [5.74, 6) is 0. The van der Waals surface area contributed by atoms with Crippen LogP contribution < -0.4 is 0 Å². The molecule has 98 valence electrons. The smallest absolute Gasteiger partial charge is 0.166 e. The van der Waals surface area contributed by atoms with E-state index in [0.717, 1.165) is 0 Å². The van der Waals surface area contributed by atoms with Gasteiger partial charge in [-0.15, -0.1) is 0 Å². The molecule has 0 amide bonds. The molecule has 0 aromatic carbocycles. The molecule has 0 aromatic rings. The molecule has 0 saturated heterocycles. The Morgan fingerprint density at radius 1 is 1.00 bits per heavy atom. The van der Waals surface area contributed by atoms with Gasteiger partial charge >= 0.3 is 0 Å². The molecular weight excluding hydrogens is 232 g/mol. The predicted octanol–water partition coefficient (Wildman–Crippen LogP) is 6.35. The van der Waals surface area contributed by atoms with Crippen LogP contribution in [-0.4, -0.2) is 7.38 Å². The Hall–Kier alpha value is 0.507. The highest BCUT2D eigenvalue weighted by molar-refractivity contribution is 7.23. The molecule has 0 aromatic heterocycles. The monoisotopic (exact) mass is 262 g/mol. The van der Waals surface area contributed by atoms with Crippen LogP contribution in [0.1, 0.15) is 74.1 Å². The van der Waals surface area contributed by atoms with Crippen molar-refractivity contribution in [2.75, 3.05) is 0 Å². The molecule has 2 atom stereocenters. The molecule has 2 heteroatoms. The molecule has 16 heavy (non-hydrogen) atoms. The van der Waals surface area contributed by atoms with Gasteiger partial charge in [-0.25, -0.2) is 0 Å². The van der Waals surface area contributed by atoms with Crippen molar-refractivity contribution in [2.45, 2.75) is 90.3 Å². The van der Waals surface area contributed by atoms with E-state index in [0.29, 0.717) is 16.1 Å². The standard InChI is InChI=1S/C14H31ClSi/c1-8-11-14(6,7)16(15,12(4)9-2)13(5)10-3/h12-13H,8-11H2,1-7H3. The quantitative estimate of drug-likeness (QED) is 0.370. The predicted molar refractivity (Wildman–Crippen MR) is 80.0 cm³/mol.